The summed E-state index contributed by atoms with van der Waals surface area (Å²) >= 11 is 0. The summed E-state index contributed by atoms with van der Waals surface area (Å²) in [4.78, 5) is 33.5. The fraction of sp³-hybridized carbons (Fsp3) is 0.643. The predicted octanol–water partition coefficient (Wildman–Crippen LogP) is 0.934. The average Bonchev–Trinajstić information content (AvgIpc) is 3.10. The molecule has 0 saturated carbocycles. The molecule has 0 aliphatic carbocycles. The Morgan fingerprint density at radius 1 is 1.38 bits per heavy atom. The number of H-pyrrole nitrogens is 2. The summed E-state index contributed by atoms with van der Waals surface area (Å²) in [5.74, 6) is 0.737. The smallest absolute Gasteiger partial charge is 0.330 e. The van der Waals surface area contributed by atoms with E-state index in [1.165, 1.54) is 4.57 Å². The molecule has 0 amide bonds. The summed E-state index contributed by atoms with van der Waals surface area (Å²) in [7, 11) is 0. The van der Waals surface area contributed by atoms with Crippen LogP contribution >= 0.6 is 0 Å². The molecule has 1 aliphatic rings. The Hall–Kier alpha value is -1.89. The number of ether oxygens (including phenoxy) is 1. The maximum atomic E-state index is 11.9. The second-order valence-corrected chi connectivity index (χ2v) is 5.47. The Morgan fingerprint density at radius 2 is 2.24 bits per heavy atom. The molecule has 0 aromatic carbocycles. The van der Waals surface area contributed by atoms with Gasteiger partial charge in [0.1, 0.15) is 11.3 Å². The summed E-state index contributed by atoms with van der Waals surface area (Å²) in [6.07, 6.45) is 4.89. The average molecular weight is 292 g/mol. The number of hydrogen-bond acceptors (Lipinski definition) is 4. The van der Waals surface area contributed by atoms with Gasteiger partial charge in [0.25, 0.3) is 5.56 Å². The molecule has 0 spiro atoms. The highest BCUT2D eigenvalue weighted by atomic mass is 16.5. The molecule has 2 aromatic heterocycles. The Kier molecular flexibility index (Phi) is 3.92. The molecule has 7 heteroatoms. The van der Waals surface area contributed by atoms with E-state index in [0.717, 1.165) is 44.5 Å². The molecule has 0 bridgehead atoms. The molecule has 3 heterocycles. The molecule has 7 nitrogen and oxygen atoms in total. The largest absolute Gasteiger partial charge is 0.378 e. The first-order valence-electron chi connectivity index (χ1n) is 7.52. The zero-order valence-corrected chi connectivity index (χ0v) is 12.1. The van der Waals surface area contributed by atoms with E-state index in [9.17, 15) is 9.59 Å². The van der Waals surface area contributed by atoms with E-state index in [0.29, 0.717) is 17.7 Å². The van der Waals surface area contributed by atoms with Crippen molar-refractivity contribution in [2.75, 3.05) is 6.61 Å². The maximum absolute atomic E-state index is 11.9. The van der Waals surface area contributed by atoms with Gasteiger partial charge < -0.3 is 9.72 Å². The Balaban J connectivity index is 1.91. The summed E-state index contributed by atoms with van der Waals surface area (Å²) < 4.78 is 7.11. The van der Waals surface area contributed by atoms with Gasteiger partial charge in [-0.25, -0.2) is 9.78 Å². The molecule has 114 valence electrons. The van der Waals surface area contributed by atoms with Gasteiger partial charge >= 0.3 is 5.69 Å². The zero-order valence-electron chi connectivity index (χ0n) is 12.1. The molecule has 1 unspecified atom stereocenters. The van der Waals surface area contributed by atoms with Gasteiger partial charge in [-0.2, -0.15) is 0 Å². The number of nitrogens with one attached hydrogen (secondary N) is 2. The quantitative estimate of drug-likeness (QED) is 0.857. The minimum atomic E-state index is -0.404. The van der Waals surface area contributed by atoms with Gasteiger partial charge in [0, 0.05) is 19.6 Å². The highest BCUT2D eigenvalue weighted by Crippen LogP contribution is 2.17. The van der Waals surface area contributed by atoms with Crippen molar-refractivity contribution in [3.63, 3.8) is 0 Å². The van der Waals surface area contributed by atoms with E-state index < -0.39 is 11.2 Å². The lowest BCUT2D eigenvalue weighted by molar-refractivity contribution is 0.104. The van der Waals surface area contributed by atoms with E-state index in [2.05, 4.69) is 15.0 Å². The van der Waals surface area contributed by atoms with Crippen molar-refractivity contribution in [3.05, 3.63) is 26.7 Å². The molecule has 1 atom stereocenters. The number of aromatic nitrogens is 4. The Bertz CT molecular complexity index is 737. The number of aromatic amines is 2. The van der Waals surface area contributed by atoms with Crippen LogP contribution < -0.4 is 11.2 Å². The van der Waals surface area contributed by atoms with Crippen LogP contribution in [0.15, 0.2) is 9.59 Å². The van der Waals surface area contributed by atoms with Crippen molar-refractivity contribution in [1.29, 1.82) is 0 Å². The summed E-state index contributed by atoms with van der Waals surface area (Å²) in [6, 6.07) is 0. The number of hydrogen-bond donors (Lipinski definition) is 2. The molecular formula is C14H20N4O3. The Labute approximate surface area is 121 Å². The van der Waals surface area contributed by atoms with Gasteiger partial charge in [0.2, 0.25) is 0 Å². The van der Waals surface area contributed by atoms with Gasteiger partial charge in [-0.3, -0.25) is 14.3 Å². The second-order valence-electron chi connectivity index (χ2n) is 5.47. The summed E-state index contributed by atoms with van der Waals surface area (Å²) in [5.41, 5.74) is 0.0306. The molecule has 21 heavy (non-hydrogen) atoms. The van der Waals surface area contributed by atoms with Gasteiger partial charge in [0.05, 0.1) is 6.10 Å². The third kappa shape index (κ3) is 2.78. The van der Waals surface area contributed by atoms with Crippen LogP contribution in [0.2, 0.25) is 0 Å². The van der Waals surface area contributed by atoms with Crippen molar-refractivity contribution in [2.24, 2.45) is 0 Å². The zero-order chi connectivity index (χ0) is 14.8. The molecule has 3 rings (SSSR count). The lowest BCUT2D eigenvalue weighted by Crippen LogP contribution is -2.30. The van der Waals surface area contributed by atoms with Crippen molar-refractivity contribution in [2.45, 2.75) is 51.7 Å². The van der Waals surface area contributed by atoms with E-state index >= 15 is 0 Å². The normalized spacial score (nSPS) is 18.6. The molecule has 0 radical (unpaired) electrons. The van der Waals surface area contributed by atoms with Crippen LogP contribution in [-0.4, -0.2) is 32.2 Å². The topological polar surface area (TPSA) is 92.8 Å². The SMILES string of the molecule is CCCn1c(=O)[nH]c(=O)c2[nH]c(CCC3CCCO3)nc21. The lowest BCUT2D eigenvalue weighted by Gasteiger charge is -2.06. The van der Waals surface area contributed by atoms with E-state index in [1.54, 1.807) is 0 Å². The summed E-state index contributed by atoms with van der Waals surface area (Å²) in [5, 5.41) is 0. The van der Waals surface area contributed by atoms with Crippen LogP contribution in [0.3, 0.4) is 0 Å². The van der Waals surface area contributed by atoms with Crippen molar-refractivity contribution >= 4 is 11.2 Å². The van der Waals surface area contributed by atoms with Crippen LogP contribution in [-0.2, 0) is 17.7 Å². The first-order valence-corrected chi connectivity index (χ1v) is 7.52. The summed E-state index contributed by atoms with van der Waals surface area (Å²) in [6.45, 7) is 3.36. The first kappa shape index (κ1) is 14.1. The second kappa shape index (κ2) is 5.85. The van der Waals surface area contributed by atoms with Crippen LogP contribution in [0.4, 0.5) is 0 Å². The standard InChI is InChI=1S/C14H20N4O3/c1-2-7-18-12-11(13(19)17-14(18)20)15-10(16-12)6-5-9-4-3-8-21-9/h9H,2-8H2,1H3,(H,15,16)(H,17,19,20). The number of nitrogens with zero attached hydrogens (tertiary/aromatic N) is 2. The fourth-order valence-electron chi connectivity index (χ4n) is 2.81. The monoisotopic (exact) mass is 292 g/mol. The van der Waals surface area contributed by atoms with Gasteiger partial charge in [-0.05, 0) is 25.7 Å². The van der Waals surface area contributed by atoms with E-state index in [-0.39, 0.29) is 6.10 Å². The van der Waals surface area contributed by atoms with Crippen molar-refractivity contribution in [1.82, 2.24) is 19.5 Å². The van der Waals surface area contributed by atoms with Crippen LogP contribution in [0, 0.1) is 0 Å². The van der Waals surface area contributed by atoms with Gasteiger partial charge in [0.15, 0.2) is 5.65 Å². The van der Waals surface area contributed by atoms with E-state index in [4.69, 9.17) is 4.74 Å². The van der Waals surface area contributed by atoms with E-state index in [1.807, 2.05) is 6.92 Å². The fourth-order valence-corrected chi connectivity index (χ4v) is 2.81. The van der Waals surface area contributed by atoms with Crippen LogP contribution in [0.1, 0.15) is 38.4 Å². The number of aryl methyl sites for hydroxylation is 2. The van der Waals surface area contributed by atoms with Gasteiger partial charge in [-0.1, -0.05) is 6.92 Å². The predicted molar refractivity (Wildman–Crippen MR) is 78.6 cm³/mol. The molecule has 1 saturated heterocycles. The molecule has 2 N–H and O–H groups in total. The first-order chi connectivity index (χ1) is 10.2. The molecule has 1 aliphatic heterocycles. The van der Waals surface area contributed by atoms with Crippen molar-refractivity contribution in [3.8, 4) is 0 Å². The number of imidazole rings is 1. The minimum absolute atomic E-state index is 0.286. The highest BCUT2D eigenvalue weighted by Gasteiger charge is 2.17. The minimum Gasteiger partial charge on any atom is -0.378 e. The maximum Gasteiger partial charge on any atom is 0.330 e. The highest BCUT2D eigenvalue weighted by molar-refractivity contribution is 5.69. The number of rotatable bonds is 5. The van der Waals surface area contributed by atoms with Crippen LogP contribution in [0.5, 0.6) is 0 Å². The number of fused-ring (bicyclic) bond motifs is 1. The lowest BCUT2D eigenvalue weighted by atomic mass is 10.1. The van der Waals surface area contributed by atoms with Gasteiger partial charge in [-0.15, -0.1) is 0 Å². The third-order valence-corrected chi connectivity index (χ3v) is 3.86. The third-order valence-electron chi connectivity index (χ3n) is 3.86. The van der Waals surface area contributed by atoms with Crippen molar-refractivity contribution < 1.29 is 4.74 Å². The molecular weight excluding hydrogens is 272 g/mol. The Morgan fingerprint density at radius 3 is 2.95 bits per heavy atom. The van der Waals surface area contributed by atoms with Crippen LogP contribution in [0.25, 0.3) is 11.2 Å². The molecule has 1 fully saturated rings. The molecule has 2 aromatic rings.